The van der Waals surface area contributed by atoms with Gasteiger partial charge < -0.3 is 9.88 Å². The molecule has 8 heteroatoms. The van der Waals surface area contributed by atoms with Crippen molar-refractivity contribution >= 4 is 34.2 Å². The molecule has 3 heterocycles. The summed E-state index contributed by atoms with van der Waals surface area (Å²) < 4.78 is 2.27. The van der Waals surface area contributed by atoms with Crippen molar-refractivity contribution in [2.24, 2.45) is 0 Å². The zero-order chi connectivity index (χ0) is 22.1. The summed E-state index contributed by atoms with van der Waals surface area (Å²) in [5.41, 5.74) is 5.02. The second-order valence-corrected chi connectivity index (χ2v) is 8.44. The summed E-state index contributed by atoms with van der Waals surface area (Å²) in [4.78, 5) is 42.9. The number of fused-ring (bicyclic) bond motifs is 1. The molecule has 0 fully saturated rings. The first-order valence-corrected chi connectivity index (χ1v) is 11.2. The lowest BCUT2D eigenvalue weighted by Gasteiger charge is -2.12. The van der Waals surface area contributed by atoms with Crippen LogP contribution in [0.25, 0.3) is 11.3 Å². The highest BCUT2D eigenvalue weighted by Gasteiger charge is 2.35. The van der Waals surface area contributed by atoms with Crippen molar-refractivity contribution in [3.05, 3.63) is 58.2 Å². The van der Waals surface area contributed by atoms with Crippen molar-refractivity contribution in [1.29, 1.82) is 0 Å². The number of amides is 3. The van der Waals surface area contributed by atoms with Gasteiger partial charge in [0.25, 0.3) is 11.8 Å². The molecule has 0 spiro atoms. The van der Waals surface area contributed by atoms with E-state index in [1.54, 1.807) is 24.3 Å². The maximum atomic E-state index is 12.4. The van der Waals surface area contributed by atoms with Crippen LogP contribution in [0.15, 0.2) is 35.7 Å². The molecule has 1 N–H and O–H groups in total. The standard InChI is InChI=1S/C23H24N4O3S/c1-4-10-26-14(2)12-18(15(26)3)19-13-31-23(24-19)25-20(28)9-11-27-21(29)16-7-5-6-8-17(16)22(27)30/h5-8,12-13H,4,9-11H2,1-3H3,(H,24,25,28). The summed E-state index contributed by atoms with van der Waals surface area (Å²) >= 11 is 1.36. The van der Waals surface area contributed by atoms with Crippen molar-refractivity contribution in [3.8, 4) is 11.3 Å². The molecule has 0 aliphatic carbocycles. The van der Waals surface area contributed by atoms with Crippen molar-refractivity contribution in [2.75, 3.05) is 11.9 Å². The van der Waals surface area contributed by atoms with Gasteiger partial charge in [-0.05, 0) is 38.5 Å². The second-order valence-electron chi connectivity index (χ2n) is 7.58. The third-order valence-electron chi connectivity index (χ3n) is 5.49. The molecule has 1 aliphatic rings. The van der Waals surface area contributed by atoms with E-state index in [-0.39, 0.29) is 30.7 Å². The first-order valence-electron chi connectivity index (χ1n) is 10.3. The number of anilines is 1. The lowest BCUT2D eigenvalue weighted by molar-refractivity contribution is -0.116. The molecule has 7 nitrogen and oxygen atoms in total. The van der Waals surface area contributed by atoms with Crippen LogP contribution in [0.3, 0.4) is 0 Å². The van der Waals surface area contributed by atoms with Gasteiger partial charge >= 0.3 is 0 Å². The van der Waals surface area contributed by atoms with Crippen LogP contribution in [0.2, 0.25) is 0 Å². The lowest BCUT2D eigenvalue weighted by atomic mass is 10.1. The minimum absolute atomic E-state index is 0.0192. The maximum Gasteiger partial charge on any atom is 0.261 e. The Morgan fingerprint density at radius 2 is 1.74 bits per heavy atom. The number of aromatic nitrogens is 2. The van der Waals surface area contributed by atoms with E-state index in [0.717, 1.165) is 34.8 Å². The molecule has 2 aromatic heterocycles. The lowest BCUT2D eigenvalue weighted by Crippen LogP contribution is -2.32. The largest absolute Gasteiger partial charge is 0.348 e. The average molecular weight is 437 g/mol. The molecular weight excluding hydrogens is 412 g/mol. The number of hydrogen-bond donors (Lipinski definition) is 1. The van der Waals surface area contributed by atoms with E-state index >= 15 is 0 Å². The van der Waals surface area contributed by atoms with E-state index in [9.17, 15) is 14.4 Å². The van der Waals surface area contributed by atoms with Gasteiger partial charge in [0.2, 0.25) is 5.91 Å². The maximum absolute atomic E-state index is 12.4. The highest BCUT2D eigenvalue weighted by Crippen LogP contribution is 2.30. The van der Waals surface area contributed by atoms with Gasteiger partial charge in [0.05, 0.1) is 16.8 Å². The van der Waals surface area contributed by atoms with E-state index in [1.165, 1.54) is 17.0 Å². The fourth-order valence-corrected chi connectivity index (χ4v) is 4.65. The van der Waals surface area contributed by atoms with Crippen LogP contribution < -0.4 is 5.32 Å². The number of carbonyl (C=O) groups excluding carboxylic acids is 3. The molecule has 160 valence electrons. The Balaban J connectivity index is 1.39. The summed E-state index contributed by atoms with van der Waals surface area (Å²) in [5.74, 6) is -0.992. The van der Waals surface area contributed by atoms with Gasteiger partial charge in [0, 0.05) is 41.8 Å². The molecule has 0 unspecified atom stereocenters. The minimum Gasteiger partial charge on any atom is -0.348 e. The van der Waals surface area contributed by atoms with Crippen molar-refractivity contribution < 1.29 is 14.4 Å². The first kappa shape index (κ1) is 21.0. The summed E-state index contributed by atoms with van der Waals surface area (Å²) in [6.45, 7) is 7.31. The van der Waals surface area contributed by atoms with Crippen LogP contribution in [0.5, 0.6) is 0 Å². The third kappa shape index (κ3) is 3.90. The van der Waals surface area contributed by atoms with Gasteiger partial charge in [-0.25, -0.2) is 4.98 Å². The van der Waals surface area contributed by atoms with Crippen molar-refractivity contribution in [3.63, 3.8) is 0 Å². The number of carbonyl (C=O) groups is 3. The SMILES string of the molecule is CCCn1c(C)cc(-c2csc(NC(=O)CCN3C(=O)c4ccccc4C3=O)n2)c1C. The molecule has 0 atom stereocenters. The second kappa shape index (κ2) is 8.47. The molecule has 0 saturated heterocycles. The van der Waals surface area contributed by atoms with Gasteiger partial charge in [-0.15, -0.1) is 11.3 Å². The van der Waals surface area contributed by atoms with Crippen LogP contribution in [-0.2, 0) is 11.3 Å². The number of thiazole rings is 1. The predicted molar refractivity (Wildman–Crippen MR) is 120 cm³/mol. The number of rotatable bonds is 7. The van der Waals surface area contributed by atoms with Gasteiger partial charge in [0.15, 0.2) is 5.13 Å². The molecule has 0 saturated carbocycles. The third-order valence-corrected chi connectivity index (χ3v) is 6.25. The molecule has 31 heavy (non-hydrogen) atoms. The van der Waals surface area contributed by atoms with E-state index in [1.807, 2.05) is 5.38 Å². The van der Waals surface area contributed by atoms with E-state index in [4.69, 9.17) is 0 Å². The monoisotopic (exact) mass is 436 g/mol. The molecule has 0 bridgehead atoms. The number of benzene rings is 1. The summed E-state index contributed by atoms with van der Waals surface area (Å²) in [6, 6.07) is 8.82. The highest BCUT2D eigenvalue weighted by molar-refractivity contribution is 7.14. The molecule has 3 amide bonds. The Bertz CT molecular complexity index is 1140. The Morgan fingerprint density at radius 3 is 2.39 bits per heavy atom. The van der Waals surface area contributed by atoms with Crippen LogP contribution in [0.1, 0.15) is 51.9 Å². The number of aryl methyl sites for hydroxylation is 1. The van der Waals surface area contributed by atoms with Crippen molar-refractivity contribution in [1.82, 2.24) is 14.5 Å². The Morgan fingerprint density at radius 1 is 1.06 bits per heavy atom. The minimum atomic E-state index is -0.354. The van der Waals surface area contributed by atoms with Crippen molar-refractivity contribution in [2.45, 2.75) is 40.2 Å². The summed E-state index contributed by atoms with van der Waals surface area (Å²) in [6.07, 6.45) is 1.08. The molecule has 1 aliphatic heterocycles. The van der Waals surface area contributed by atoms with Crippen LogP contribution in [0.4, 0.5) is 5.13 Å². The van der Waals surface area contributed by atoms with E-state index in [0.29, 0.717) is 16.3 Å². The molecule has 1 aromatic carbocycles. The van der Waals surface area contributed by atoms with E-state index in [2.05, 4.69) is 41.7 Å². The Hall–Kier alpha value is -3.26. The van der Waals surface area contributed by atoms with Gasteiger partial charge in [-0.2, -0.15) is 0 Å². The van der Waals surface area contributed by atoms with Gasteiger partial charge in [0.1, 0.15) is 0 Å². The van der Waals surface area contributed by atoms with E-state index < -0.39 is 0 Å². The quantitative estimate of drug-likeness (QED) is 0.561. The molecular formula is C23H24N4O3S. The fourth-order valence-electron chi connectivity index (χ4n) is 3.92. The topological polar surface area (TPSA) is 84.3 Å². The number of nitrogens with one attached hydrogen (secondary N) is 1. The van der Waals surface area contributed by atoms with Crippen LogP contribution in [-0.4, -0.2) is 38.7 Å². The first-order chi connectivity index (χ1) is 14.9. The molecule has 4 rings (SSSR count). The number of imide groups is 1. The Kier molecular flexibility index (Phi) is 5.73. The fraction of sp³-hybridized carbons (Fsp3) is 0.304. The highest BCUT2D eigenvalue weighted by atomic mass is 32.1. The number of nitrogens with zero attached hydrogens (tertiary/aromatic N) is 3. The summed E-state index contributed by atoms with van der Waals surface area (Å²) in [7, 11) is 0. The molecule has 0 radical (unpaired) electrons. The van der Waals surface area contributed by atoms with Crippen LogP contribution in [0, 0.1) is 13.8 Å². The Labute approximate surface area is 184 Å². The normalized spacial score (nSPS) is 13.1. The molecule has 3 aromatic rings. The number of hydrogen-bond acceptors (Lipinski definition) is 5. The van der Waals surface area contributed by atoms with Gasteiger partial charge in [-0.1, -0.05) is 19.1 Å². The average Bonchev–Trinajstić information content (AvgIpc) is 3.39. The van der Waals surface area contributed by atoms with Gasteiger partial charge in [-0.3, -0.25) is 19.3 Å². The zero-order valence-electron chi connectivity index (χ0n) is 17.8. The van der Waals surface area contributed by atoms with Crippen LogP contribution >= 0.6 is 11.3 Å². The predicted octanol–water partition coefficient (Wildman–Crippen LogP) is 4.26. The smallest absolute Gasteiger partial charge is 0.261 e. The summed E-state index contributed by atoms with van der Waals surface area (Å²) in [5, 5.41) is 5.22. The zero-order valence-corrected chi connectivity index (χ0v) is 18.6.